The molecule has 1 aliphatic rings. The Morgan fingerprint density at radius 3 is 2.65 bits per heavy atom. The predicted octanol–water partition coefficient (Wildman–Crippen LogP) is 3.96. The van der Waals surface area contributed by atoms with E-state index in [4.69, 9.17) is 4.74 Å². The van der Waals surface area contributed by atoms with Crippen molar-refractivity contribution in [3.8, 4) is 0 Å². The molecule has 2 heteroatoms. The van der Waals surface area contributed by atoms with E-state index in [1.54, 1.807) is 0 Å². The van der Waals surface area contributed by atoms with Gasteiger partial charge in [0, 0.05) is 19.3 Å². The average molecular weight is 275 g/mol. The summed E-state index contributed by atoms with van der Waals surface area (Å²) in [4.78, 5) is 0. The fraction of sp³-hybridized carbons (Fsp3) is 0.667. The molecule has 112 valence electrons. The topological polar surface area (TPSA) is 21.3 Å². The lowest BCUT2D eigenvalue weighted by Gasteiger charge is -2.31. The Bertz CT molecular complexity index is 396. The second kappa shape index (κ2) is 7.80. The van der Waals surface area contributed by atoms with Crippen molar-refractivity contribution >= 4 is 0 Å². The van der Waals surface area contributed by atoms with Crippen molar-refractivity contribution in [2.24, 2.45) is 11.8 Å². The number of benzene rings is 1. The molecule has 0 radical (unpaired) electrons. The molecule has 1 fully saturated rings. The van der Waals surface area contributed by atoms with Gasteiger partial charge in [0.1, 0.15) is 0 Å². The normalized spacial score (nSPS) is 18.4. The summed E-state index contributed by atoms with van der Waals surface area (Å²) in [6.45, 7) is 9.62. The Kier molecular flexibility index (Phi) is 6.06. The van der Waals surface area contributed by atoms with Crippen LogP contribution in [0.4, 0.5) is 0 Å². The van der Waals surface area contributed by atoms with Gasteiger partial charge in [0.05, 0.1) is 0 Å². The van der Waals surface area contributed by atoms with Gasteiger partial charge in [-0.3, -0.25) is 0 Å². The fourth-order valence-corrected chi connectivity index (χ4v) is 3.21. The van der Waals surface area contributed by atoms with Crippen molar-refractivity contribution in [3.63, 3.8) is 0 Å². The largest absolute Gasteiger partial charge is 0.381 e. The van der Waals surface area contributed by atoms with Crippen LogP contribution in [-0.4, -0.2) is 19.8 Å². The highest BCUT2D eigenvalue weighted by Gasteiger charge is 2.24. The number of hydrogen-bond acceptors (Lipinski definition) is 2. The van der Waals surface area contributed by atoms with Crippen molar-refractivity contribution in [1.29, 1.82) is 0 Å². The highest BCUT2D eigenvalue weighted by Crippen LogP contribution is 2.30. The van der Waals surface area contributed by atoms with Gasteiger partial charge in [-0.15, -0.1) is 0 Å². The molecular weight excluding hydrogens is 246 g/mol. The molecule has 0 bridgehead atoms. The highest BCUT2D eigenvalue weighted by atomic mass is 16.5. The molecule has 1 N–H and O–H groups in total. The molecule has 1 unspecified atom stereocenters. The van der Waals surface area contributed by atoms with Crippen molar-refractivity contribution in [1.82, 2.24) is 5.32 Å². The minimum atomic E-state index is 0.482. The molecule has 2 rings (SSSR count). The van der Waals surface area contributed by atoms with Gasteiger partial charge >= 0.3 is 0 Å². The third-order valence-corrected chi connectivity index (χ3v) is 4.12. The smallest absolute Gasteiger partial charge is 0.0469 e. The van der Waals surface area contributed by atoms with E-state index in [9.17, 15) is 0 Å². The summed E-state index contributed by atoms with van der Waals surface area (Å²) >= 11 is 0. The van der Waals surface area contributed by atoms with E-state index in [1.807, 2.05) is 0 Å². The van der Waals surface area contributed by atoms with E-state index >= 15 is 0 Å². The first kappa shape index (κ1) is 15.5. The predicted molar refractivity (Wildman–Crippen MR) is 84.9 cm³/mol. The summed E-state index contributed by atoms with van der Waals surface area (Å²) in [6, 6.07) is 9.65. The second-order valence-corrected chi connectivity index (χ2v) is 6.33. The van der Waals surface area contributed by atoms with Crippen molar-refractivity contribution < 1.29 is 4.74 Å². The molecule has 1 aromatic rings. The van der Waals surface area contributed by atoms with E-state index in [-0.39, 0.29) is 0 Å². The van der Waals surface area contributed by atoms with Crippen LogP contribution in [0.5, 0.6) is 0 Å². The lowest BCUT2D eigenvalue weighted by Crippen LogP contribution is -2.32. The van der Waals surface area contributed by atoms with Gasteiger partial charge < -0.3 is 10.1 Å². The van der Waals surface area contributed by atoms with Crippen LogP contribution < -0.4 is 5.32 Å². The summed E-state index contributed by atoms with van der Waals surface area (Å²) in [5.74, 6) is 1.42. The average Bonchev–Trinajstić information content (AvgIpc) is 2.45. The SMILES string of the molecule is CCNC(c1cccc(CC(C)C)c1)C1CCOCC1. The van der Waals surface area contributed by atoms with Crippen molar-refractivity contribution in [2.45, 2.75) is 46.1 Å². The zero-order valence-electron chi connectivity index (χ0n) is 13.2. The minimum absolute atomic E-state index is 0.482. The Balaban J connectivity index is 2.15. The molecule has 0 amide bonds. The van der Waals surface area contributed by atoms with Crippen LogP contribution in [0, 0.1) is 11.8 Å². The molecule has 1 heterocycles. The number of ether oxygens (including phenoxy) is 1. The van der Waals surface area contributed by atoms with Gasteiger partial charge in [-0.25, -0.2) is 0 Å². The molecular formula is C18H29NO. The monoisotopic (exact) mass is 275 g/mol. The lowest BCUT2D eigenvalue weighted by atomic mass is 9.86. The molecule has 1 aliphatic heterocycles. The zero-order valence-corrected chi connectivity index (χ0v) is 13.2. The zero-order chi connectivity index (χ0) is 14.4. The minimum Gasteiger partial charge on any atom is -0.381 e. The van der Waals surface area contributed by atoms with Crippen LogP contribution >= 0.6 is 0 Å². The molecule has 2 nitrogen and oxygen atoms in total. The van der Waals surface area contributed by atoms with E-state index in [1.165, 1.54) is 30.4 Å². The molecule has 1 saturated heterocycles. The highest BCUT2D eigenvalue weighted by molar-refractivity contribution is 5.27. The van der Waals surface area contributed by atoms with Crippen LogP contribution in [0.25, 0.3) is 0 Å². The quantitative estimate of drug-likeness (QED) is 0.848. The Labute approximate surface area is 123 Å². The fourth-order valence-electron chi connectivity index (χ4n) is 3.21. The standard InChI is InChI=1S/C18H29NO/c1-4-19-18(16-8-10-20-11-9-16)17-7-5-6-15(13-17)12-14(2)3/h5-7,13-14,16,18-19H,4,8-12H2,1-3H3. The van der Waals surface area contributed by atoms with Crippen LogP contribution in [-0.2, 0) is 11.2 Å². The maximum Gasteiger partial charge on any atom is 0.0469 e. The van der Waals surface area contributed by atoms with Gasteiger partial charge in [0.2, 0.25) is 0 Å². The maximum atomic E-state index is 5.51. The van der Waals surface area contributed by atoms with Crippen LogP contribution in [0.3, 0.4) is 0 Å². The number of hydrogen-bond donors (Lipinski definition) is 1. The summed E-state index contributed by atoms with van der Waals surface area (Å²) in [6.07, 6.45) is 3.51. The summed E-state index contributed by atoms with van der Waals surface area (Å²) < 4.78 is 5.51. The van der Waals surface area contributed by atoms with E-state index in [2.05, 4.69) is 50.4 Å². The van der Waals surface area contributed by atoms with Crippen LogP contribution in [0.1, 0.15) is 50.8 Å². The van der Waals surface area contributed by atoms with Gasteiger partial charge in [-0.05, 0) is 48.8 Å². The molecule has 20 heavy (non-hydrogen) atoms. The first-order valence-corrected chi connectivity index (χ1v) is 8.10. The molecule has 0 aliphatic carbocycles. The van der Waals surface area contributed by atoms with Crippen LogP contribution in [0.2, 0.25) is 0 Å². The molecule has 0 aromatic heterocycles. The van der Waals surface area contributed by atoms with Crippen molar-refractivity contribution in [2.75, 3.05) is 19.8 Å². The molecule has 0 saturated carbocycles. The third kappa shape index (κ3) is 4.32. The van der Waals surface area contributed by atoms with Crippen molar-refractivity contribution in [3.05, 3.63) is 35.4 Å². The summed E-state index contributed by atoms with van der Waals surface area (Å²) in [7, 11) is 0. The second-order valence-electron chi connectivity index (χ2n) is 6.33. The molecule has 0 spiro atoms. The van der Waals surface area contributed by atoms with E-state index in [0.29, 0.717) is 17.9 Å². The van der Waals surface area contributed by atoms with E-state index < -0.39 is 0 Å². The van der Waals surface area contributed by atoms with Crippen LogP contribution in [0.15, 0.2) is 24.3 Å². The van der Waals surface area contributed by atoms with Gasteiger partial charge in [0.15, 0.2) is 0 Å². The van der Waals surface area contributed by atoms with Gasteiger partial charge in [-0.2, -0.15) is 0 Å². The molecule has 1 atom stereocenters. The molecule has 1 aromatic carbocycles. The Morgan fingerprint density at radius 2 is 2.00 bits per heavy atom. The van der Waals surface area contributed by atoms with Gasteiger partial charge in [0.25, 0.3) is 0 Å². The lowest BCUT2D eigenvalue weighted by molar-refractivity contribution is 0.0538. The maximum absolute atomic E-state index is 5.51. The summed E-state index contributed by atoms with van der Waals surface area (Å²) in [5, 5.41) is 3.69. The number of rotatable bonds is 6. The summed E-state index contributed by atoms with van der Waals surface area (Å²) in [5.41, 5.74) is 2.92. The van der Waals surface area contributed by atoms with E-state index in [0.717, 1.165) is 19.8 Å². The van der Waals surface area contributed by atoms with Gasteiger partial charge in [-0.1, -0.05) is 45.0 Å². The third-order valence-electron chi connectivity index (χ3n) is 4.12. The Morgan fingerprint density at radius 1 is 1.25 bits per heavy atom. The number of nitrogens with one attached hydrogen (secondary N) is 1. The first-order valence-electron chi connectivity index (χ1n) is 8.10. The Hall–Kier alpha value is -0.860. The first-order chi connectivity index (χ1) is 9.70.